The molecule has 1 heterocycles. The minimum absolute atomic E-state index is 0.158. The summed E-state index contributed by atoms with van der Waals surface area (Å²) in [4.78, 5) is 34.6. The van der Waals surface area contributed by atoms with Gasteiger partial charge in [-0.05, 0) is 72.4 Å². The maximum absolute atomic E-state index is 13.7. The molecule has 0 bridgehead atoms. The average Bonchev–Trinajstić information content (AvgIpc) is 3.39. The van der Waals surface area contributed by atoms with Gasteiger partial charge in [-0.25, -0.2) is 4.98 Å². The van der Waals surface area contributed by atoms with Gasteiger partial charge in [0, 0.05) is 27.4 Å². The Morgan fingerprint density at radius 3 is 2.36 bits per heavy atom. The molecule has 4 aromatic rings. The fraction of sp³-hybridized carbons (Fsp3) is 0.270. The summed E-state index contributed by atoms with van der Waals surface area (Å²) in [5.41, 5.74) is 11.2. The SMILES string of the molecule is C=C/C=C\c1nc(-c2ccc(Cl)cc2-c2ccc(C(=O)NC(CC(CCC)CCC)c3ccccc3)cc2C(N)=O)[nH]c1C. The number of aromatic amines is 1. The van der Waals surface area contributed by atoms with Gasteiger partial charge in [-0.3, -0.25) is 9.59 Å². The fourth-order valence-corrected chi connectivity index (χ4v) is 5.90. The zero-order valence-electron chi connectivity index (χ0n) is 25.7. The van der Waals surface area contributed by atoms with E-state index in [4.69, 9.17) is 22.3 Å². The lowest BCUT2D eigenvalue weighted by Crippen LogP contribution is -2.30. The number of hydrogen-bond donors (Lipinski definition) is 3. The zero-order chi connectivity index (χ0) is 31.6. The van der Waals surface area contributed by atoms with E-state index in [1.165, 1.54) is 0 Å². The van der Waals surface area contributed by atoms with Crippen molar-refractivity contribution >= 4 is 29.5 Å². The quantitative estimate of drug-likeness (QED) is 0.124. The molecular formula is C37H41ClN4O2. The summed E-state index contributed by atoms with van der Waals surface area (Å²) < 4.78 is 0. The molecule has 1 atom stereocenters. The third-order valence-corrected chi connectivity index (χ3v) is 8.09. The Morgan fingerprint density at radius 2 is 1.70 bits per heavy atom. The zero-order valence-corrected chi connectivity index (χ0v) is 26.5. The lowest BCUT2D eigenvalue weighted by molar-refractivity contribution is 0.0929. The number of primary amides is 1. The van der Waals surface area contributed by atoms with E-state index in [1.54, 1.807) is 36.4 Å². The number of aryl methyl sites for hydroxylation is 1. The molecule has 7 heteroatoms. The van der Waals surface area contributed by atoms with Gasteiger partial charge in [-0.1, -0.05) is 106 Å². The molecule has 44 heavy (non-hydrogen) atoms. The Kier molecular flexibility index (Phi) is 11.3. The Labute approximate surface area is 265 Å². The van der Waals surface area contributed by atoms with Gasteiger partial charge < -0.3 is 16.0 Å². The van der Waals surface area contributed by atoms with Gasteiger partial charge in [0.05, 0.1) is 11.7 Å². The summed E-state index contributed by atoms with van der Waals surface area (Å²) in [6, 6.07) is 20.4. The van der Waals surface area contributed by atoms with Crippen LogP contribution in [-0.2, 0) is 0 Å². The maximum atomic E-state index is 13.7. The number of aromatic nitrogens is 2. The predicted molar refractivity (Wildman–Crippen MR) is 182 cm³/mol. The maximum Gasteiger partial charge on any atom is 0.251 e. The molecule has 6 nitrogen and oxygen atoms in total. The van der Waals surface area contributed by atoms with Gasteiger partial charge in [0.1, 0.15) is 5.82 Å². The summed E-state index contributed by atoms with van der Waals surface area (Å²) in [6.07, 6.45) is 10.6. The Morgan fingerprint density at radius 1 is 1.00 bits per heavy atom. The highest BCUT2D eigenvalue weighted by molar-refractivity contribution is 6.31. The summed E-state index contributed by atoms with van der Waals surface area (Å²) in [6.45, 7) is 10.1. The van der Waals surface area contributed by atoms with Crippen molar-refractivity contribution in [2.75, 3.05) is 0 Å². The van der Waals surface area contributed by atoms with Crippen LogP contribution >= 0.6 is 11.6 Å². The van der Waals surface area contributed by atoms with Crippen LogP contribution in [0.1, 0.15) is 89.7 Å². The lowest BCUT2D eigenvalue weighted by Gasteiger charge is -2.25. The minimum Gasteiger partial charge on any atom is -0.366 e. The Balaban J connectivity index is 1.71. The number of imidazole rings is 1. The minimum atomic E-state index is -0.642. The van der Waals surface area contributed by atoms with Crippen LogP contribution in [0, 0.1) is 12.8 Å². The van der Waals surface area contributed by atoms with Gasteiger partial charge in [-0.15, -0.1) is 0 Å². The first-order valence-corrected chi connectivity index (χ1v) is 15.6. The summed E-state index contributed by atoms with van der Waals surface area (Å²) in [5, 5.41) is 3.75. The number of allylic oxidation sites excluding steroid dienone is 2. The number of benzene rings is 3. The van der Waals surface area contributed by atoms with Crippen molar-refractivity contribution in [2.24, 2.45) is 11.7 Å². The molecule has 0 aliphatic heterocycles. The molecule has 0 aliphatic rings. The predicted octanol–water partition coefficient (Wildman–Crippen LogP) is 9.08. The van der Waals surface area contributed by atoms with Gasteiger partial charge in [0.15, 0.2) is 0 Å². The number of nitrogens with zero attached hydrogens (tertiary/aromatic N) is 1. The molecule has 2 amide bonds. The molecule has 1 aromatic heterocycles. The van der Waals surface area contributed by atoms with Crippen LogP contribution < -0.4 is 11.1 Å². The number of H-pyrrole nitrogens is 1. The molecule has 0 radical (unpaired) electrons. The van der Waals surface area contributed by atoms with Crippen molar-refractivity contribution in [3.8, 4) is 22.5 Å². The molecule has 4 N–H and O–H groups in total. The van der Waals surface area contributed by atoms with E-state index in [9.17, 15) is 9.59 Å². The normalized spacial score (nSPS) is 12.0. The van der Waals surface area contributed by atoms with E-state index >= 15 is 0 Å². The van der Waals surface area contributed by atoms with Crippen molar-refractivity contribution in [3.05, 3.63) is 119 Å². The Hall–Kier alpha value is -4.42. The van der Waals surface area contributed by atoms with E-state index < -0.39 is 5.91 Å². The van der Waals surface area contributed by atoms with E-state index in [0.717, 1.165) is 54.6 Å². The standard InChI is InChI=1S/C37H41ClN4O2/c1-5-8-16-33-24(4)40-36(41-33)30-20-18-28(38)23-31(30)29-19-17-27(22-32(29)35(39)43)37(44)42-34(26-14-10-9-11-15-26)21-25(12-6-2)13-7-3/h5,8-11,14-20,22-23,25,34H,1,6-7,12-13,21H2,2-4H3,(H2,39,43)(H,40,41)(H,42,44)/b16-8-. The van der Waals surface area contributed by atoms with Crippen LogP contribution in [0.25, 0.3) is 28.6 Å². The summed E-state index contributed by atoms with van der Waals surface area (Å²) in [7, 11) is 0. The van der Waals surface area contributed by atoms with Gasteiger partial charge in [0.2, 0.25) is 5.91 Å². The van der Waals surface area contributed by atoms with Gasteiger partial charge in [-0.2, -0.15) is 0 Å². The monoisotopic (exact) mass is 608 g/mol. The van der Waals surface area contributed by atoms with Crippen LogP contribution in [0.5, 0.6) is 0 Å². The molecule has 3 aromatic carbocycles. The number of nitrogens with one attached hydrogen (secondary N) is 2. The van der Waals surface area contributed by atoms with Crippen LogP contribution in [0.4, 0.5) is 0 Å². The number of hydrogen-bond acceptors (Lipinski definition) is 3. The molecule has 1 unspecified atom stereocenters. The first-order chi connectivity index (χ1) is 21.2. The van der Waals surface area contributed by atoms with Gasteiger partial charge >= 0.3 is 0 Å². The van der Waals surface area contributed by atoms with Crippen LogP contribution in [0.3, 0.4) is 0 Å². The number of halogens is 1. The molecule has 0 aliphatic carbocycles. The van der Waals surface area contributed by atoms with Crippen molar-refractivity contribution in [1.29, 1.82) is 0 Å². The first kappa shape index (κ1) is 32.5. The number of carbonyl (C=O) groups excluding carboxylic acids is 2. The van der Waals surface area contributed by atoms with Crippen LogP contribution in [-0.4, -0.2) is 21.8 Å². The molecule has 0 spiro atoms. The van der Waals surface area contributed by atoms with Crippen LogP contribution in [0.2, 0.25) is 5.02 Å². The average molecular weight is 609 g/mol. The van der Waals surface area contributed by atoms with Crippen molar-refractivity contribution in [2.45, 2.75) is 58.9 Å². The van der Waals surface area contributed by atoms with Gasteiger partial charge in [0.25, 0.3) is 5.91 Å². The third kappa shape index (κ3) is 7.94. The highest BCUT2D eigenvalue weighted by Crippen LogP contribution is 2.36. The second-order valence-electron chi connectivity index (χ2n) is 11.1. The highest BCUT2D eigenvalue weighted by atomic mass is 35.5. The van der Waals surface area contributed by atoms with Crippen molar-refractivity contribution in [1.82, 2.24) is 15.3 Å². The molecule has 0 fully saturated rings. The highest BCUT2D eigenvalue weighted by Gasteiger charge is 2.23. The molecule has 4 rings (SSSR count). The largest absolute Gasteiger partial charge is 0.366 e. The molecule has 0 saturated carbocycles. The molecular weight excluding hydrogens is 568 g/mol. The summed E-state index contributed by atoms with van der Waals surface area (Å²) >= 11 is 6.44. The topological polar surface area (TPSA) is 101 Å². The number of carbonyl (C=O) groups is 2. The third-order valence-electron chi connectivity index (χ3n) is 7.86. The van der Waals surface area contributed by atoms with E-state index in [1.807, 2.05) is 55.5 Å². The van der Waals surface area contributed by atoms with E-state index in [0.29, 0.717) is 33.5 Å². The smallest absolute Gasteiger partial charge is 0.251 e. The Bertz CT molecular complexity index is 1630. The second kappa shape index (κ2) is 15.3. The lowest BCUT2D eigenvalue weighted by atomic mass is 9.88. The van der Waals surface area contributed by atoms with E-state index in [-0.39, 0.29) is 17.5 Å². The van der Waals surface area contributed by atoms with Crippen LogP contribution in [0.15, 0.2) is 85.5 Å². The van der Waals surface area contributed by atoms with Crippen molar-refractivity contribution in [3.63, 3.8) is 0 Å². The molecule has 228 valence electrons. The van der Waals surface area contributed by atoms with Crippen molar-refractivity contribution < 1.29 is 9.59 Å². The fourth-order valence-electron chi connectivity index (χ4n) is 5.73. The number of rotatable bonds is 14. The molecule has 0 saturated heterocycles. The van der Waals surface area contributed by atoms with E-state index in [2.05, 4.69) is 30.7 Å². The summed E-state index contributed by atoms with van der Waals surface area (Å²) in [5.74, 6) is 0.218. The number of amides is 2. The second-order valence-corrected chi connectivity index (χ2v) is 11.6. The number of nitrogens with two attached hydrogens (primary N) is 1. The first-order valence-electron chi connectivity index (χ1n) is 15.2.